The zero-order valence-corrected chi connectivity index (χ0v) is 16.3. The summed E-state index contributed by atoms with van der Waals surface area (Å²) in [5.74, 6) is -2.83. The lowest BCUT2D eigenvalue weighted by Gasteiger charge is -2.25. The molecule has 10 heteroatoms. The number of benzene rings is 2. The lowest BCUT2D eigenvalue weighted by Crippen LogP contribution is -2.30. The SMILES string of the molecule is C[C@H](c1ccc(F)c(F)c1)N(C)C(=O)CCCn1c(=O)oc2cc([N+](=O)[O-])ccc21. The highest BCUT2D eigenvalue weighted by Gasteiger charge is 2.19. The van der Waals surface area contributed by atoms with Crippen LogP contribution in [0.2, 0.25) is 0 Å². The molecule has 1 heterocycles. The zero-order valence-electron chi connectivity index (χ0n) is 16.3. The van der Waals surface area contributed by atoms with Crippen LogP contribution in [0, 0.1) is 21.7 Å². The molecule has 0 aliphatic rings. The molecule has 0 N–H and O–H groups in total. The number of aromatic nitrogens is 1. The molecule has 0 unspecified atom stereocenters. The number of hydrogen-bond acceptors (Lipinski definition) is 5. The van der Waals surface area contributed by atoms with Crippen LogP contribution in [0.25, 0.3) is 11.1 Å². The largest absolute Gasteiger partial charge is 0.419 e. The Morgan fingerprint density at radius 1 is 1.23 bits per heavy atom. The van der Waals surface area contributed by atoms with Gasteiger partial charge in [0.2, 0.25) is 5.91 Å². The Bertz CT molecular complexity index is 1170. The van der Waals surface area contributed by atoms with Crippen LogP contribution in [-0.2, 0) is 11.3 Å². The van der Waals surface area contributed by atoms with Gasteiger partial charge >= 0.3 is 5.76 Å². The Labute approximate surface area is 169 Å². The van der Waals surface area contributed by atoms with Crippen LogP contribution in [0.5, 0.6) is 0 Å². The van der Waals surface area contributed by atoms with Crippen molar-refractivity contribution < 1.29 is 22.9 Å². The number of carbonyl (C=O) groups is 1. The first-order chi connectivity index (χ1) is 14.2. The summed E-state index contributed by atoms with van der Waals surface area (Å²) in [6, 6.07) is 6.90. The molecule has 2 aromatic carbocycles. The zero-order chi connectivity index (χ0) is 22.0. The van der Waals surface area contributed by atoms with Gasteiger partial charge in [0.1, 0.15) is 0 Å². The maximum Gasteiger partial charge on any atom is 0.419 e. The number of nitro groups is 1. The fourth-order valence-corrected chi connectivity index (χ4v) is 3.16. The molecule has 1 amide bonds. The van der Waals surface area contributed by atoms with E-state index in [1.165, 1.54) is 33.7 Å². The van der Waals surface area contributed by atoms with Crippen molar-refractivity contribution in [3.63, 3.8) is 0 Å². The number of aryl methyl sites for hydroxylation is 1. The van der Waals surface area contributed by atoms with Crippen molar-refractivity contribution in [3.8, 4) is 0 Å². The van der Waals surface area contributed by atoms with Gasteiger partial charge in [-0.3, -0.25) is 19.5 Å². The summed E-state index contributed by atoms with van der Waals surface area (Å²) < 4.78 is 32.9. The second-order valence-corrected chi connectivity index (χ2v) is 6.89. The standard InChI is InChI=1S/C20H19F2N3O5/c1-12(13-5-7-15(21)16(22)10-13)23(2)19(26)4-3-9-24-17-8-6-14(25(28)29)11-18(17)30-20(24)27/h5-8,10-12H,3-4,9H2,1-2H3/t12-/m1/s1. The molecule has 0 saturated heterocycles. The van der Waals surface area contributed by atoms with E-state index in [1.54, 1.807) is 14.0 Å². The first-order valence-electron chi connectivity index (χ1n) is 9.17. The number of carbonyl (C=O) groups excluding carboxylic acids is 1. The second kappa shape index (κ2) is 8.44. The molecule has 0 spiro atoms. The topological polar surface area (TPSA) is 98.6 Å². The summed E-state index contributed by atoms with van der Waals surface area (Å²) in [7, 11) is 1.56. The van der Waals surface area contributed by atoms with Crippen molar-refractivity contribution in [2.24, 2.45) is 0 Å². The lowest BCUT2D eigenvalue weighted by molar-refractivity contribution is -0.384. The van der Waals surface area contributed by atoms with Gasteiger partial charge in [-0.1, -0.05) is 6.07 Å². The average Bonchev–Trinajstić information content (AvgIpc) is 3.03. The quantitative estimate of drug-likeness (QED) is 0.429. The number of amides is 1. The van der Waals surface area contributed by atoms with E-state index in [1.807, 2.05) is 0 Å². The van der Waals surface area contributed by atoms with Gasteiger partial charge in [-0.25, -0.2) is 13.6 Å². The maximum absolute atomic E-state index is 13.4. The first kappa shape index (κ1) is 21.2. The van der Waals surface area contributed by atoms with Crippen molar-refractivity contribution in [2.75, 3.05) is 7.05 Å². The van der Waals surface area contributed by atoms with E-state index in [9.17, 15) is 28.5 Å². The average molecular weight is 419 g/mol. The van der Waals surface area contributed by atoms with Crippen molar-refractivity contribution in [2.45, 2.75) is 32.4 Å². The fraction of sp³-hybridized carbons (Fsp3) is 0.300. The van der Waals surface area contributed by atoms with Crippen molar-refractivity contribution in [3.05, 3.63) is 74.3 Å². The number of nitro benzene ring substituents is 1. The van der Waals surface area contributed by atoms with E-state index in [0.29, 0.717) is 17.5 Å². The van der Waals surface area contributed by atoms with E-state index in [-0.39, 0.29) is 30.1 Å². The third-order valence-electron chi connectivity index (χ3n) is 5.04. The van der Waals surface area contributed by atoms with Crippen LogP contribution >= 0.6 is 0 Å². The van der Waals surface area contributed by atoms with E-state index in [0.717, 1.165) is 12.1 Å². The predicted octanol–water partition coefficient (Wildman–Crippen LogP) is 3.78. The Morgan fingerprint density at radius 3 is 2.63 bits per heavy atom. The Balaban J connectivity index is 1.65. The van der Waals surface area contributed by atoms with E-state index in [2.05, 4.69) is 0 Å². The monoisotopic (exact) mass is 419 g/mol. The van der Waals surface area contributed by atoms with Crippen LogP contribution in [-0.4, -0.2) is 27.3 Å². The minimum atomic E-state index is -0.980. The lowest BCUT2D eigenvalue weighted by atomic mass is 10.1. The van der Waals surface area contributed by atoms with Crippen molar-refractivity contribution in [1.82, 2.24) is 9.47 Å². The summed E-state index contributed by atoms with van der Waals surface area (Å²) in [6.45, 7) is 1.88. The van der Waals surface area contributed by atoms with E-state index in [4.69, 9.17) is 4.42 Å². The van der Waals surface area contributed by atoms with Gasteiger partial charge < -0.3 is 9.32 Å². The Morgan fingerprint density at radius 2 is 1.97 bits per heavy atom. The van der Waals surface area contributed by atoms with Crippen LogP contribution < -0.4 is 5.76 Å². The van der Waals surface area contributed by atoms with Gasteiger partial charge in [-0.2, -0.15) is 0 Å². The maximum atomic E-state index is 13.4. The minimum Gasteiger partial charge on any atom is -0.407 e. The smallest absolute Gasteiger partial charge is 0.407 e. The molecule has 8 nitrogen and oxygen atoms in total. The molecule has 0 fully saturated rings. The number of nitrogens with zero attached hydrogens (tertiary/aromatic N) is 3. The van der Waals surface area contributed by atoms with E-state index >= 15 is 0 Å². The summed E-state index contributed by atoms with van der Waals surface area (Å²) in [5, 5.41) is 10.8. The molecule has 1 aromatic heterocycles. The molecule has 30 heavy (non-hydrogen) atoms. The van der Waals surface area contributed by atoms with Crippen LogP contribution in [0.3, 0.4) is 0 Å². The number of hydrogen-bond donors (Lipinski definition) is 0. The highest BCUT2D eigenvalue weighted by atomic mass is 19.2. The molecule has 0 saturated carbocycles. The first-order valence-corrected chi connectivity index (χ1v) is 9.17. The number of halogens is 2. The van der Waals surface area contributed by atoms with Gasteiger partial charge in [0.15, 0.2) is 17.2 Å². The molecular formula is C20H19F2N3O5. The molecule has 0 bridgehead atoms. The van der Waals surface area contributed by atoms with Gasteiger partial charge in [-0.05, 0) is 37.1 Å². The molecule has 158 valence electrons. The fourth-order valence-electron chi connectivity index (χ4n) is 3.16. The van der Waals surface area contributed by atoms with Crippen LogP contribution in [0.15, 0.2) is 45.6 Å². The Kier molecular flexibility index (Phi) is 5.95. The molecule has 3 aromatic rings. The van der Waals surface area contributed by atoms with Crippen molar-refractivity contribution >= 4 is 22.7 Å². The van der Waals surface area contributed by atoms with Crippen molar-refractivity contribution in [1.29, 1.82) is 0 Å². The molecule has 1 atom stereocenters. The van der Waals surface area contributed by atoms with Crippen LogP contribution in [0.4, 0.5) is 14.5 Å². The molecule has 0 aliphatic carbocycles. The predicted molar refractivity (Wildman–Crippen MR) is 104 cm³/mol. The summed E-state index contributed by atoms with van der Waals surface area (Å²) in [4.78, 5) is 36.2. The van der Waals surface area contributed by atoms with Gasteiger partial charge in [0.25, 0.3) is 5.69 Å². The number of rotatable bonds is 7. The number of non-ortho nitro benzene ring substituents is 1. The number of oxazole rings is 1. The Hall–Kier alpha value is -3.56. The highest BCUT2D eigenvalue weighted by molar-refractivity contribution is 5.77. The summed E-state index contributed by atoms with van der Waals surface area (Å²) in [6.07, 6.45) is 0.426. The molecule has 3 rings (SSSR count). The third-order valence-corrected chi connectivity index (χ3v) is 5.04. The number of fused-ring (bicyclic) bond motifs is 1. The summed E-state index contributed by atoms with van der Waals surface area (Å²) in [5.41, 5.74) is 0.779. The van der Waals surface area contributed by atoms with Gasteiger partial charge in [-0.15, -0.1) is 0 Å². The summed E-state index contributed by atoms with van der Waals surface area (Å²) >= 11 is 0. The second-order valence-electron chi connectivity index (χ2n) is 6.89. The molecule has 0 aliphatic heterocycles. The van der Waals surface area contributed by atoms with E-state index < -0.39 is 28.4 Å². The molecule has 0 radical (unpaired) electrons. The van der Waals surface area contributed by atoms with Gasteiger partial charge in [0, 0.05) is 26.1 Å². The third kappa shape index (κ3) is 4.22. The molecular weight excluding hydrogens is 400 g/mol. The van der Waals surface area contributed by atoms with Crippen LogP contribution in [0.1, 0.15) is 31.4 Å². The van der Waals surface area contributed by atoms with Gasteiger partial charge in [0.05, 0.1) is 22.5 Å². The normalized spacial score (nSPS) is 12.1. The minimum absolute atomic E-state index is 0.101. The highest BCUT2D eigenvalue weighted by Crippen LogP contribution is 2.23.